The zero-order chi connectivity index (χ0) is 24.2. The highest BCUT2D eigenvalue weighted by molar-refractivity contribution is 7.12. The van der Waals surface area contributed by atoms with Crippen LogP contribution < -0.4 is 20.1 Å². The van der Waals surface area contributed by atoms with Crippen molar-refractivity contribution < 1.29 is 19.1 Å². The molecule has 0 bridgehead atoms. The van der Waals surface area contributed by atoms with Crippen LogP contribution in [0.3, 0.4) is 0 Å². The summed E-state index contributed by atoms with van der Waals surface area (Å²) in [6, 6.07) is 16.4. The molecular weight excluding hydrogens is 436 g/mol. The van der Waals surface area contributed by atoms with Gasteiger partial charge in [0.25, 0.3) is 11.8 Å². The zero-order valence-corrected chi connectivity index (χ0v) is 20.6. The number of methoxy groups -OCH3 is 1. The highest BCUT2D eigenvalue weighted by Gasteiger charge is 2.30. The van der Waals surface area contributed by atoms with E-state index < -0.39 is 5.60 Å². The largest absolute Gasteiger partial charge is 0.494 e. The molecule has 1 heterocycles. The second kappa shape index (κ2) is 9.67. The molecule has 0 saturated heterocycles. The van der Waals surface area contributed by atoms with E-state index in [1.807, 2.05) is 35.7 Å². The van der Waals surface area contributed by atoms with E-state index in [2.05, 4.69) is 31.4 Å². The highest BCUT2D eigenvalue weighted by Crippen LogP contribution is 2.30. The van der Waals surface area contributed by atoms with Gasteiger partial charge in [0.05, 0.1) is 17.7 Å². The summed E-state index contributed by atoms with van der Waals surface area (Å²) in [5, 5.41) is 7.54. The van der Waals surface area contributed by atoms with E-state index in [-0.39, 0.29) is 17.2 Å². The third-order valence-corrected chi connectivity index (χ3v) is 5.96. The molecule has 3 aromatic rings. The first-order chi connectivity index (χ1) is 15.5. The average Bonchev–Trinajstić information content (AvgIpc) is 3.29. The second-order valence-electron chi connectivity index (χ2n) is 9.19. The highest BCUT2D eigenvalue weighted by atomic mass is 32.1. The number of hydrogen-bond acceptors (Lipinski definition) is 5. The number of hydrogen-bond donors (Lipinski definition) is 2. The third-order valence-electron chi connectivity index (χ3n) is 5.09. The van der Waals surface area contributed by atoms with Crippen molar-refractivity contribution in [3.63, 3.8) is 0 Å². The fourth-order valence-corrected chi connectivity index (χ4v) is 3.73. The van der Waals surface area contributed by atoms with E-state index in [1.54, 1.807) is 38.1 Å². The number of nitrogens with one attached hydrogen (secondary N) is 2. The van der Waals surface area contributed by atoms with E-state index in [4.69, 9.17) is 9.47 Å². The molecule has 2 amide bonds. The van der Waals surface area contributed by atoms with E-state index in [0.717, 1.165) is 0 Å². The quantitative estimate of drug-likeness (QED) is 0.441. The molecule has 0 atom stereocenters. The smallest absolute Gasteiger partial charge is 0.267 e. The minimum absolute atomic E-state index is 0.0416. The van der Waals surface area contributed by atoms with Gasteiger partial charge in [-0.15, -0.1) is 11.3 Å². The molecule has 6 nitrogen and oxygen atoms in total. The van der Waals surface area contributed by atoms with Crippen LogP contribution in [0.1, 0.15) is 49.9 Å². The molecule has 2 aromatic carbocycles. The second-order valence-corrected chi connectivity index (χ2v) is 10.1. The Kier molecular flexibility index (Phi) is 7.12. The normalized spacial score (nSPS) is 11.6. The van der Waals surface area contributed by atoms with Gasteiger partial charge >= 0.3 is 0 Å². The first-order valence-electron chi connectivity index (χ1n) is 10.6. The van der Waals surface area contributed by atoms with E-state index in [9.17, 15) is 9.59 Å². The maximum absolute atomic E-state index is 12.9. The van der Waals surface area contributed by atoms with Crippen molar-refractivity contribution >= 4 is 34.5 Å². The van der Waals surface area contributed by atoms with Crippen molar-refractivity contribution in [3.8, 4) is 11.5 Å². The molecular formula is C26H30N2O4S. The molecule has 3 rings (SSSR count). The van der Waals surface area contributed by atoms with Crippen molar-refractivity contribution in [3.05, 3.63) is 70.4 Å². The molecule has 0 spiro atoms. The number of ether oxygens (including phenoxy) is 2. The fraction of sp³-hybridized carbons (Fsp3) is 0.308. The van der Waals surface area contributed by atoms with Crippen molar-refractivity contribution in [1.29, 1.82) is 0 Å². The Labute approximate surface area is 198 Å². The molecule has 0 unspecified atom stereocenters. The van der Waals surface area contributed by atoms with Gasteiger partial charge in [0.2, 0.25) is 0 Å². The van der Waals surface area contributed by atoms with Gasteiger partial charge < -0.3 is 20.1 Å². The number of amides is 2. The Balaban J connectivity index is 1.68. The van der Waals surface area contributed by atoms with Crippen molar-refractivity contribution in [2.24, 2.45) is 0 Å². The minimum atomic E-state index is -1.11. The Hall–Kier alpha value is -3.32. The lowest BCUT2D eigenvalue weighted by Crippen LogP contribution is -2.42. The van der Waals surface area contributed by atoms with Gasteiger partial charge in [-0.05, 0) is 60.5 Å². The standard InChI is InChI=1S/C26H30N2O4S/c1-25(2,3)17-9-12-19(13-10-17)32-26(4,5)24(30)27-18-11-14-20(21(16-18)31-6)28-23(29)22-8-7-15-33-22/h7-16H,1-6H3,(H,27,30)(H,28,29). The molecule has 0 aliphatic heterocycles. The predicted octanol–water partition coefficient (Wildman–Crippen LogP) is 6.10. The molecule has 0 radical (unpaired) electrons. The van der Waals surface area contributed by atoms with Gasteiger partial charge in [-0.3, -0.25) is 9.59 Å². The lowest BCUT2D eigenvalue weighted by Gasteiger charge is -2.26. The van der Waals surface area contributed by atoms with Crippen LogP contribution in [0.4, 0.5) is 11.4 Å². The summed E-state index contributed by atoms with van der Waals surface area (Å²) in [6.07, 6.45) is 0. The summed E-state index contributed by atoms with van der Waals surface area (Å²) in [5.74, 6) is 0.536. The van der Waals surface area contributed by atoms with Crippen LogP contribution in [-0.4, -0.2) is 24.5 Å². The fourth-order valence-electron chi connectivity index (χ4n) is 3.11. The lowest BCUT2D eigenvalue weighted by atomic mass is 9.87. The van der Waals surface area contributed by atoms with Crippen molar-refractivity contribution in [1.82, 2.24) is 0 Å². The van der Waals surface area contributed by atoms with Crippen LogP contribution in [0.25, 0.3) is 0 Å². The zero-order valence-electron chi connectivity index (χ0n) is 19.8. The van der Waals surface area contributed by atoms with Gasteiger partial charge in [0.15, 0.2) is 5.60 Å². The van der Waals surface area contributed by atoms with Gasteiger partial charge in [-0.1, -0.05) is 39.0 Å². The SMILES string of the molecule is COc1cc(NC(=O)C(C)(C)Oc2ccc(C(C)(C)C)cc2)ccc1NC(=O)c1cccs1. The average molecular weight is 467 g/mol. The molecule has 7 heteroatoms. The Morgan fingerprint density at radius 1 is 0.909 bits per heavy atom. The van der Waals surface area contributed by atoms with Crippen LogP contribution in [0.2, 0.25) is 0 Å². The Bertz CT molecular complexity index is 1110. The summed E-state index contributed by atoms with van der Waals surface area (Å²) in [5.41, 5.74) is 1.17. The monoisotopic (exact) mass is 466 g/mol. The maximum Gasteiger partial charge on any atom is 0.267 e. The first-order valence-corrected chi connectivity index (χ1v) is 11.5. The number of thiophene rings is 1. The molecule has 0 aliphatic carbocycles. The van der Waals surface area contributed by atoms with Gasteiger partial charge in [0, 0.05) is 11.8 Å². The van der Waals surface area contributed by atoms with E-state index >= 15 is 0 Å². The molecule has 0 fully saturated rings. The van der Waals surface area contributed by atoms with E-state index in [0.29, 0.717) is 27.8 Å². The van der Waals surface area contributed by atoms with Gasteiger partial charge in [-0.25, -0.2) is 0 Å². The van der Waals surface area contributed by atoms with E-state index in [1.165, 1.54) is 24.0 Å². The summed E-state index contributed by atoms with van der Waals surface area (Å²) < 4.78 is 11.4. The lowest BCUT2D eigenvalue weighted by molar-refractivity contribution is -0.128. The summed E-state index contributed by atoms with van der Waals surface area (Å²) in [4.78, 5) is 25.9. The van der Waals surface area contributed by atoms with Crippen LogP contribution >= 0.6 is 11.3 Å². The van der Waals surface area contributed by atoms with Crippen molar-refractivity contribution in [2.75, 3.05) is 17.7 Å². The molecule has 1 aromatic heterocycles. The molecule has 0 aliphatic rings. The van der Waals surface area contributed by atoms with Crippen LogP contribution in [0.15, 0.2) is 60.0 Å². The molecule has 174 valence electrons. The van der Waals surface area contributed by atoms with Gasteiger partial charge in [0.1, 0.15) is 11.5 Å². The van der Waals surface area contributed by atoms with Crippen LogP contribution in [0.5, 0.6) is 11.5 Å². The molecule has 33 heavy (non-hydrogen) atoms. The molecule has 2 N–H and O–H groups in total. The van der Waals surface area contributed by atoms with Crippen molar-refractivity contribution in [2.45, 2.75) is 45.6 Å². The number of rotatable bonds is 7. The number of benzene rings is 2. The number of carbonyl (C=O) groups is 2. The molecule has 0 saturated carbocycles. The third kappa shape index (κ3) is 6.14. The Morgan fingerprint density at radius 2 is 1.61 bits per heavy atom. The summed E-state index contributed by atoms with van der Waals surface area (Å²) in [6.45, 7) is 9.87. The minimum Gasteiger partial charge on any atom is -0.494 e. The van der Waals surface area contributed by atoms with Gasteiger partial charge in [-0.2, -0.15) is 0 Å². The van der Waals surface area contributed by atoms with Crippen LogP contribution in [-0.2, 0) is 10.2 Å². The van der Waals surface area contributed by atoms with Crippen LogP contribution in [0, 0.1) is 0 Å². The number of carbonyl (C=O) groups excluding carboxylic acids is 2. The summed E-state index contributed by atoms with van der Waals surface area (Å²) in [7, 11) is 1.51. The topological polar surface area (TPSA) is 76.7 Å². The Morgan fingerprint density at radius 3 is 2.18 bits per heavy atom. The first kappa shape index (κ1) is 24.3. The predicted molar refractivity (Wildman–Crippen MR) is 134 cm³/mol. The summed E-state index contributed by atoms with van der Waals surface area (Å²) >= 11 is 1.36. The maximum atomic E-state index is 12.9. The number of anilines is 2.